The van der Waals surface area contributed by atoms with Gasteiger partial charge in [0.25, 0.3) is 0 Å². The molecular formula is C14H21N3O3. The van der Waals surface area contributed by atoms with E-state index in [9.17, 15) is 4.79 Å². The number of nitrogen functional groups attached to an aromatic ring is 1. The van der Waals surface area contributed by atoms with Gasteiger partial charge in [-0.3, -0.25) is 4.90 Å². The van der Waals surface area contributed by atoms with Crippen LogP contribution in [-0.4, -0.2) is 41.3 Å². The molecule has 1 aromatic rings. The molecule has 2 N–H and O–H groups in total. The summed E-state index contributed by atoms with van der Waals surface area (Å²) in [4.78, 5) is 17.9. The van der Waals surface area contributed by atoms with Gasteiger partial charge in [0.05, 0.1) is 19.3 Å². The van der Waals surface area contributed by atoms with Gasteiger partial charge in [0.1, 0.15) is 11.4 Å². The highest BCUT2D eigenvalue weighted by atomic mass is 16.6. The van der Waals surface area contributed by atoms with Crippen LogP contribution in [-0.2, 0) is 9.47 Å². The summed E-state index contributed by atoms with van der Waals surface area (Å²) >= 11 is 0. The number of hydrogen-bond donors (Lipinski definition) is 1. The molecule has 1 aliphatic rings. The molecule has 1 aromatic heterocycles. The molecule has 1 saturated heterocycles. The zero-order chi connectivity index (χ0) is 14.8. The standard InChI is InChI=1S/C14H21N3O3/c1-14(2,3)20-13(18)17-6-7-19-9-11(17)10-4-5-16-12(15)8-10/h4-5,8,11H,6-7,9H2,1-3H3,(H2,15,16). The number of morpholine rings is 1. The minimum absolute atomic E-state index is 0.191. The first-order valence-corrected chi connectivity index (χ1v) is 6.65. The molecule has 0 radical (unpaired) electrons. The third kappa shape index (κ3) is 3.60. The van der Waals surface area contributed by atoms with Gasteiger partial charge in [-0.05, 0) is 38.5 Å². The minimum atomic E-state index is -0.517. The van der Waals surface area contributed by atoms with Crippen molar-refractivity contribution in [2.24, 2.45) is 0 Å². The molecule has 0 spiro atoms. The van der Waals surface area contributed by atoms with Crippen LogP contribution in [0, 0.1) is 0 Å². The molecule has 0 saturated carbocycles. The number of aromatic nitrogens is 1. The summed E-state index contributed by atoms with van der Waals surface area (Å²) < 4.78 is 10.9. The normalized spacial score (nSPS) is 19.8. The van der Waals surface area contributed by atoms with Crippen LogP contribution >= 0.6 is 0 Å². The molecule has 2 heterocycles. The van der Waals surface area contributed by atoms with Gasteiger partial charge in [0.2, 0.25) is 0 Å². The lowest BCUT2D eigenvalue weighted by Crippen LogP contribution is -2.45. The molecule has 1 fully saturated rings. The Morgan fingerprint density at radius 3 is 2.95 bits per heavy atom. The fourth-order valence-corrected chi connectivity index (χ4v) is 2.09. The van der Waals surface area contributed by atoms with Crippen molar-refractivity contribution in [2.75, 3.05) is 25.5 Å². The zero-order valence-corrected chi connectivity index (χ0v) is 12.1. The second-order valence-electron chi connectivity index (χ2n) is 5.78. The number of carbonyl (C=O) groups is 1. The van der Waals surface area contributed by atoms with E-state index in [1.165, 1.54) is 0 Å². The lowest BCUT2D eigenvalue weighted by Gasteiger charge is -2.36. The average Bonchev–Trinajstić information content (AvgIpc) is 2.37. The SMILES string of the molecule is CC(C)(C)OC(=O)N1CCOCC1c1ccnc(N)c1. The fraction of sp³-hybridized carbons (Fsp3) is 0.571. The second kappa shape index (κ2) is 5.66. The number of carbonyl (C=O) groups excluding carboxylic acids is 1. The smallest absolute Gasteiger partial charge is 0.410 e. The van der Waals surface area contributed by atoms with E-state index in [0.717, 1.165) is 5.56 Å². The Kier molecular flexibility index (Phi) is 4.13. The predicted molar refractivity (Wildman–Crippen MR) is 75.1 cm³/mol. The summed E-state index contributed by atoms with van der Waals surface area (Å²) in [6.45, 7) is 7.00. The van der Waals surface area contributed by atoms with Crippen molar-refractivity contribution >= 4 is 11.9 Å². The Morgan fingerprint density at radius 2 is 2.30 bits per heavy atom. The molecule has 6 nitrogen and oxygen atoms in total. The maximum Gasteiger partial charge on any atom is 0.410 e. The first-order valence-electron chi connectivity index (χ1n) is 6.65. The zero-order valence-electron chi connectivity index (χ0n) is 12.1. The summed E-state index contributed by atoms with van der Waals surface area (Å²) in [5, 5.41) is 0. The summed E-state index contributed by atoms with van der Waals surface area (Å²) in [6.07, 6.45) is 1.30. The van der Waals surface area contributed by atoms with Crippen molar-refractivity contribution < 1.29 is 14.3 Å². The molecule has 0 aromatic carbocycles. The number of hydrogen-bond acceptors (Lipinski definition) is 5. The van der Waals surface area contributed by atoms with E-state index in [4.69, 9.17) is 15.2 Å². The van der Waals surface area contributed by atoms with Crippen LogP contribution in [0.25, 0.3) is 0 Å². The summed E-state index contributed by atoms with van der Waals surface area (Å²) in [5.74, 6) is 0.428. The maximum atomic E-state index is 12.3. The summed E-state index contributed by atoms with van der Waals surface area (Å²) in [5.41, 5.74) is 6.09. The van der Waals surface area contributed by atoms with E-state index in [1.54, 1.807) is 17.2 Å². The third-order valence-electron chi connectivity index (χ3n) is 2.95. The Balaban J connectivity index is 2.19. The average molecular weight is 279 g/mol. The Hall–Kier alpha value is -1.82. The molecule has 0 aliphatic carbocycles. The molecule has 1 amide bonds. The van der Waals surface area contributed by atoms with Gasteiger partial charge in [0, 0.05) is 12.7 Å². The molecular weight excluding hydrogens is 258 g/mol. The number of nitrogens with two attached hydrogens (primary N) is 1. The Morgan fingerprint density at radius 1 is 1.55 bits per heavy atom. The van der Waals surface area contributed by atoms with Gasteiger partial charge >= 0.3 is 6.09 Å². The van der Waals surface area contributed by atoms with Crippen LogP contribution < -0.4 is 5.73 Å². The van der Waals surface area contributed by atoms with Crippen LogP contribution in [0.4, 0.5) is 10.6 Å². The van der Waals surface area contributed by atoms with E-state index in [-0.39, 0.29) is 12.1 Å². The molecule has 6 heteroatoms. The minimum Gasteiger partial charge on any atom is -0.444 e. The van der Waals surface area contributed by atoms with Crippen molar-refractivity contribution in [3.05, 3.63) is 23.9 Å². The van der Waals surface area contributed by atoms with Crippen molar-refractivity contribution in [2.45, 2.75) is 32.4 Å². The number of rotatable bonds is 1. The van der Waals surface area contributed by atoms with E-state index < -0.39 is 5.60 Å². The molecule has 0 bridgehead atoms. The van der Waals surface area contributed by atoms with Crippen molar-refractivity contribution in [1.82, 2.24) is 9.88 Å². The quantitative estimate of drug-likeness (QED) is 0.850. The number of ether oxygens (including phenoxy) is 2. The number of amides is 1. The highest BCUT2D eigenvalue weighted by molar-refractivity contribution is 5.69. The van der Waals surface area contributed by atoms with Crippen LogP contribution in [0.1, 0.15) is 32.4 Å². The largest absolute Gasteiger partial charge is 0.444 e. The molecule has 2 rings (SSSR count). The lowest BCUT2D eigenvalue weighted by atomic mass is 10.1. The second-order valence-corrected chi connectivity index (χ2v) is 5.78. The number of nitrogens with zero attached hydrogens (tertiary/aromatic N) is 2. The van der Waals surface area contributed by atoms with E-state index in [2.05, 4.69) is 4.98 Å². The highest BCUT2D eigenvalue weighted by Gasteiger charge is 2.32. The van der Waals surface area contributed by atoms with E-state index in [0.29, 0.717) is 25.6 Å². The topological polar surface area (TPSA) is 77.7 Å². The van der Waals surface area contributed by atoms with Crippen LogP contribution in [0.2, 0.25) is 0 Å². The Bertz CT molecular complexity index is 485. The van der Waals surface area contributed by atoms with Crippen molar-refractivity contribution in [1.29, 1.82) is 0 Å². The highest BCUT2D eigenvalue weighted by Crippen LogP contribution is 2.26. The maximum absolute atomic E-state index is 12.3. The Labute approximate surface area is 118 Å². The third-order valence-corrected chi connectivity index (χ3v) is 2.95. The first-order chi connectivity index (χ1) is 9.37. The van der Waals surface area contributed by atoms with Gasteiger partial charge in [0.15, 0.2) is 0 Å². The molecule has 1 atom stereocenters. The van der Waals surface area contributed by atoms with E-state index >= 15 is 0 Å². The van der Waals surface area contributed by atoms with Crippen molar-refractivity contribution in [3.63, 3.8) is 0 Å². The van der Waals surface area contributed by atoms with Gasteiger partial charge in [-0.25, -0.2) is 9.78 Å². The summed E-state index contributed by atoms with van der Waals surface area (Å²) in [6, 6.07) is 3.41. The molecule has 1 unspecified atom stereocenters. The first kappa shape index (κ1) is 14.6. The predicted octanol–water partition coefficient (Wildman–Crippen LogP) is 1.97. The van der Waals surface area contributed by atoms with Crippen LogP contribution in [0.15, 0.2) is 18.3 Å². The van der Waals surface area contributed by atoms with Gasteiger partial charge in [-0.2, -0.15) is 0 Å². The number of anilines is 1. The summed E-state index contributed by atoms with van der Waals surface area (Å²) in [7, 11) is 0. The molecule has 20 heavy (non-hydrogen) atoms. The lowest BCUT2D eigenvalue weighted by molar-refractivity contribution is -0.0331. The molecule has 110 valence electrons. The number of pyridine rings is 1. The van der Waals surface area contributed by atoms with Crippen LogP contribution in [0.3, 0.4) is 0 Å². The van der Waals surface area contributed by atoms with Gasteiger partial charge in [-0.1, -0.05) is 0 Å². The van der Waals surface area contributed by atoms with Gasteiger partial charge < -0.3 is 15.2 Å². The van der Waals surface area contributed by atoms with Gasteiger partial charge in [-0.15, -0.1) is 0 Å². The fourth-order valence-electron chi connectivity index (χ4n) is 2.09. The van der Waals surface area contributed by atoms with Crippen molar-refractivity contribution in [3.8, 4) is 0 Å². The van der Waals surface area contributed by atoms with E-state index in [1.807, 2.05) is 26.8 Å². The van der Waals surface area contributed by atoms with Crippen LogP contribution in [0.5, 0.6) is 0 Å². The molecule has 1 aliphatic heterocycles. The monoisotopic (exact) mass is 279 g/mol.